The Bertz CT molecular complexity index is 758. The molecule has 2 nitrogen and oxygen atoms in total. The van der Waals surface area contributed by atoms with Crippen LogP contribution in [0.2, 0.25) is 0 Å². The van der Waals surface area contributed by atoms with Gasteiger partial charge in [-0.2, -0.15) is 0 Å². The second-order valence-electron chi connectivity index (χ2n) is 7.24. The summed E-state index contributed by atoms with van der Waals surface area (Å²) >= 11 is 1.78. The van der Waals surface area contributed by atoms with Crippen molar-refractivity contribution in [3.05, 3.63) is 41.8 Å². The molecule has 140 valence electrons. The van der Waals surface area contributed by atoms with Crippen molar-refractivity contribution in [1.29, 1.82) is 0 Å². The summed E-state index contributed by atoms with van der Waals surface area (Å²) in [4.78, 5) is 6.16. The smallest absolute Gasteiger partial charge is 0.151 e. The van der Waals surface area contributed by atoms with Crippen LogP contribution in [0.15, 0.2) is 41.8 Å². The molecular formula is C23H32N2S. The first-order valence-corrected chi connectivity index (χ1v) is 11.3. The Morgan fingerprint density at radius 3 is 2.19 bits per heavy atom. The zero-order chi connectivity index (χ0) is 18.0. The van der Waals surface area contributed by atoms with E-state index >= 15 is 0 Å². The Hall–Kier alpha value is -1.61. The summed E-state index contributed by atoms with van der Waals surface area (Å²) in [5, 5.41) is 2.14. The van der Waals surface area contributed by atoms with Gasteiger partial charge in [0.15, 0.2) is 5.82 Å². The summed E-state index contributed by atoms with van der Waals surface area (Å²) in [6.45, 7) is 3.36. The molecule has 0 saturated carbocycles. The number of thiophene rings is 1. The van der Waals surface area contributed by atoms with Crippen molar-refractivity contribution in [3.63, 3.8) is 0 Å². The molecule has 0 aliphatic rings. The van der Waals surface area contributed by atoms with Crippen LogP contribution in [0.4, 0.5) is 0 Å². The fourth-order valence-corrected chi connectivity index (χ4v) is 4.38. The van der Waals surface area contributed by atoms with Crippen molar-refractivity contribution in [2.45, 2.75) is 77.7 Å². The fraction of sp³-hybridized carbons (Fsp3) is 0.522. The summed E-state index contributed by atoms with van der Waals surface area (Å²) in [5.41, 5.74) is 2.38. The molecule has 0 fully saturated rings. The molecule has 2 aromatic heterocycles. The van der Waals surface area contributed by atoms with Crippen LogP contribution in [0.5, 0.6) is 0 Å². The zero-order valence-electron chi connectivity index (χ0n) is 16.1. The minimum absolute atomic E-state index is 1.07. The number of benzene rings is 1. The Labute approximate surface area is 162 Å². The molecule has 0 radical (unpaired) electrons. The highest BCUT2D eigenvalue weighted by Crippen LogP contribution is 2.28. The monoisotopic (exact) mass is 368 g/mol. The van der Waals surface area contributed by atoms with Gasteiger partial charge in [0, 0.05) is 6.54 Å². The van der Waals surface area contributed by atoms with E-state index in [1.165, 1.54) is 74.6 Å². The third-order valence-corrected chi connectivity index (χ3v) is 6.00. The molecule has 0 saturated heterocycles. The maximum atomic E-state index is 4.89. The van der Waals surface area contributed by atoms with Crippen LogP contribution >= 0.6 is 11.3 Å². The van der Waals surface area contributed by atoms with Crippen LogP contribution in [0, 0.1) is 0 Å². The SMILES string of the molecule is CCCCCCCCCCCCn1c(-c2cccs2)nc2ccccc21. The van der Waals surface area contributed by atoms with Gasteiger partial charge in [0.1, 0.15) is 0 Å². The van der Waals surface area contributed by atoms with E-state index in [9.17, 15) is 0 Å². The van der Waals surface area contributed by atoms with Gasteiger partial charge >= 0.3 is 0 Å². The number of rotatable bonds is 12. The molecule has 3 rings (SSSR count). The normalized spacial score (nSPS) is 11.4. The predicted octanol–water partition coefficient (Wildman–Crippen LogP) is 7.69. The van der Waals surface area contributed by atoms with E-state index in [-0.39, 0.29) is 0 Å². The van der Waals surface area contributed by atoms with Crippen molar-refractivity contribution in [2.75, 3.05) is 0 Å². The van der Waals surface area contributed by atoms with E-state index in [0.717, 1.165) is 17.9 Å². The summed E-state index contributed by atoms with van der Waals surface area (Å²) in [7, 11) is 0. The maximum Gasteiger partial charge on any atom is 0.151 e. The number of nitrogens with zero attached hydrogens (tertiary/aromatic N) is 2. The molecule has 0 amide bonds. The Balaban J connectivity index is 1.47. The van der Waals surface area contributed by atoms with E-state index in [0.29, 0.717) is 0 Å². The van der Waals surface area contributed by atoms with E-state index < -0.39 is 0 Å². The Morgan fingerprint density at radius 1 is 0.808 bits per heavy atom. The van der Waals surface area contributed by atoms with Crippen LogP contribution in [-0.2, 0) is 6.54 Å². The molecule has 0 aliphatic heterocycles. The van der Waals surface area contributed by atoms with Gasteiger partial charge in [-0.25, -0.2) is 4.98 Å². The van der Waals surface area contributed by atoms with Gasteiger partial charge in [-0.15, -0.1) is 11.3 Å². The molecule has 3 aromatic rings. The van der Waals surface area contributed by atoms with Crippen molar-refractivity contribution in [3.8, 4) is 10.7 Å². The number of hydrogen-bond acceptors (Lipinski definition) is 2. The van der Waals surface area contributed by atoms with E-state index in [2.05, 4.69) is 53.3 Å². The van der Waals surface area contributed by atoms with Crippen LogP contribution in [0.1, 0.15) is 71.1 Å². The average molecular weight is 369 g/mol. The maximum absolute atomic E-state index is 4.89. The molecular weight excluding hydrogens is 336 g/mol. The van der Waals surface area contributed by atoms with Gasteiger partial charge < -0.3 is 4.57 Å². The van der Waals surface area contributed by atoms with Gasteiger partial charge in [-0.1, -0.05) is 82.9 Å². The molecule has 3 heteroatoms. The minimum Gasteiger partial charge on any atom is -0.323 e. The Kier molecular flexibility index (Phi) is 7.75. The summed E-state index contributed by atoms with van der Waals surface area (Å²) < 4.78 is 2.42. The zero-order valence-corrected chi connectivity index (χ0v) is 16.9. The molecule has 0 unspecified atom stereocenters. The largest absolute Gasteiger partial charge is 0.323 e. The first kappa shape index (κ1) is 19.2. The Morgan fingerprint density at radius 2 is 1.50 bits per heavy atom. The van der Waals surface area contributed by atoms with Crippen molar-refractivity contribution in [2.24, 2.45) is 0 Å². The van der Waals surface area contributed by atoms with E-state index in [4.69, 9.17) is 4.98 Å². The third-order valence-electron chi connectivity index (χ3n) is 5.13. The van der Waals surface area contributed by atoms with Crippen LogP contribution in [-0.4, -0.2) is 9.55 Å². The molecule has 2 heterocycles. The number of unbranched alkanes of at least 4 members (excludes halogenated alkanes) is 9. The molecule has 1 aromatic carbocycles. The van der Waals surface area contributed by atoms with Gasteiger partial charge in [-0.3, -0.25) is 0 Å². The molecule has 0 bridgehead atoms. The predicted molar refractivity (Wildman–Crippen MR) is 115 cm³/mol. The fourth-order valence-electron chi connectivity index (χ4n) is 3.65. The van der Waals surface area contributed by atoms with Gasteiger partial charge in [0.2, 0.25) is 0 Å². The second kappa shape index (κ2) is 10.5. The van der Waals surface area contributed by atoms with Gasteiger partial charge in [-0.05, 0) is 30.0 Å². The van der Waals surface area contributed by atoms with Gasteiger partial charge in [0.05, 0.1) is 15.9 Å². The highest BCUT2D eigenvalue weighted by Gasteiger charge is 2.12. The molecule has 0 N–H and O–H groups in total. The topological polar surface area (TPSA) is 17.8 Å². The van der Waals surface area contributed by atoms with Crippen LogP contribution in [0.25, 0.3) is 21.7 Å². The van der Waals surface area contributed by atoms with Crippen molar-refractivity contribution in [1.82, 2.24) is 9.55 Å². The molecule has 0 atom stereocenters. The standard InChI is InChI=1S/C23H32N2S/c1-2-3-4-5-6-7-8-9-10-13-18-25-21-16-12-11-15-20(21)24-23(25)22-17-14-19-26-22/h11-12,14-17,19H,2-10,13,18H2,1H3. The highest BCUT2D eigenvalue weighted by atomic mass is 32.1. The van der Waals surface area contributed by atoms with E-state index in [1.807, 2.05) is 0 Å². The summed E-state index contributed by atoms with van der Waals surface area (Å²) in [6, 6.07) is 12.8. The summed E-state index contributed by atoms with van der Waals surface area (Å²) in [5.74, 6) is 1.14. The summed E-state index contributed by atoms with van der Waals surface area (Å²) in [6.07, 6.45) is 13.8. The van der Waals surface area contributed by atoms with E-state index in [1.54, 1.807) is 11.3 Å². The average Bonchev–Trinajstić information content (AvgIpc) is 3.31. The quantitative estimate of drug-likeness (QED) is 0.300. The lowest BCUT2D eigenvalue weighted by atomic mass is 10.1. The van der Waals surface area contributed by atoms with Crippen LogP contribution in [0.3, 0.4) is 0 Å². The highest BCUT2D eigenvalue weighted by molar-refractivity contribution is 7.13. The number of para-hydroxylation sites is 2. The minimum atomic E-state index is 1.07. The van der Waals surface area contributed by atoms with Crippen molar-refractivity contribution >= 4 is 22.4 Å². The number of hydrogen-bond donors (Lipinski definition) is 0. The molecule has 0 aliphatic carbocycles. The lowest BCUT2D eigenvalue weighted by Gasteiger charge is -2.08. The number of aromatic nitrogens is 2. The molecule has 0 spiro atoms. The lowest BCUT2D eigenvalue weighted by Crippen LogP contribution is -2.00. The third kappa shape index (κ3) is 5.20. The second-order valence-corrected chi connectivity index (χ2v) is 8.18. The molecule has 26 heavy (non-hydrogen) atoms. The van der Waals surface area contributed by atoms with Gasteiger partial charge in [0.25, 0.3) is 0 Å². The number of imidazole rings is 1. The van der Waals surface area contributed by atoms with Crippen molar-refractivity contribution < 1.29 is 0 Å². The first-order valence-electron chi connectivity index (χ1n) is 10.4. The van der Waals surface area contributed by atoms with Crippen LogP contribution < -0.4 is 0 Å². The first-order chi connectivity index (χ1) is 12.9. The lowest BCUT2D eigenvalue weighted by molar-refractivity contribution is 0.539. The number of fused-ring (bicyclic) bond motifs is 1. The number of aryl methyl sites for hydroxylation is 1.